The zero-order valence-electron chi connectivity index (χ0n) is 17.9. The number of benzene rings is 2. The molecule has 32 heavy (non-hydrogen) atoms. The molecule has 0 radical (unpaired) electrons. The lowest BCUT2D eigenvalue weighted by molar-refractivity contribution is -0.137. The van der Waals surface area contributed by atoms with Gasteiger partial charge < -0.3 is 19.9 Å². The minimum absolute atomic E-state index is 0.0536. The molecule has 2 fully saturated rings. The van der Waals surface area contributed by atoms with Gasteiger partial charge in [-0.2, -0.15) is 13.2 Å². The number of nitrogens with one attached hydrogen (secondary N) is 1. The second-order valence-electron chi connectivity index (χ2n) is 8.84. The van der Waals surface area contributed by atoms with E-state index in [4.69, 9.17) is 4.74 Å². The summed E-state index contributed by atoms with van der Waals surface area (Å²) in [5, 5.41) is 3.08. The Hall–Kier alpha value is -2.90. The van der Waals surface area contributed by atoms with E-state index in [-0.39, 0.29) is 18.0 Å². The first-order valence-electron chi connectivity index (χ1n) is 11.0. The number of anilines is 2. The quantitative estimate of drug-likeness (QED) is 0.777. The van der Waals surface area contributed by atoms with Crippen LogP contribution in [-0.2, 0) is 17.4 Å². The Morgan fingerprint density at radius 1 is 1.09 bits per heavy atom. The molecular formula is C24H26F3N3O2. The molecule has 1 N–H and O–H groups in total. The molecule has 1 saturated carbocycles. The zero-order valence-corrected chi connectivity index (χ0v) is 17.9. The van der Waals surface area contributed by atoms with Crippen LogP contribution in [0.3, 0.4) is 0 Å². The number of hydrogen-bond acceptors (Lipinski definition) is 4. The molecule has 2 atom stereocenters. The molecule has 170 valence electrons. The van der Waals surface area contributed by atoms with Crippen molar-refractivity contribution < 1.29 is 22.7 Å². The molecule has 0 bridgehead atoms. The molecule has 2 unspecified atom stereocenters. The number of halogens is 3. The molecule has 2 aromatic rings. The molecule has 2 heterocycles. The van der Waals surface area contributed by atoms with Gasteiger partial charge in [0.2, 0.25) is 5.91 Å². The number of methoxy groups -OCH3 is 1. The number of piperazine rings is 1. The van der Waals surface area contributed by atoms with E-state index in [1.807, 2.05) is 24.3 Å². The number of hydrogen-bond donors (Lipinski definition) is 1. The van der Waals surface area contributed by atoms with Crippen LogP contribution in [0.4, 0.5) is 24.5 Å². The van der Waals surface area contributed by atoms with Crippen molar-refractivity contribution in [3.8, 4) is 5.75 Å². The van der Waals surface area contributed by atoms with Gasteiger partial charge in [-0.15, -0.1) is 0 Å². The highest BCUT2D eigenvalue weighted by molar-refractivity contribution is 5.83. The van der Waals surface area contributed by atoms with Crippen molar-refractivity contribution in [1.82, 2.24) is 5.32 Å². The van der Waals surface area contributed by atoms with E-state index in [0.717, 1.165) is 42.6 Å². The van der Waals surface area contributed by atoms with Crippen LogP contribution >= 0.6 is 0 Å². The van der Waals surface area contributed by atoms with Gasteiger partial charge in [0, 0.05) is 37.1 Å². The third kappa shape index (κ3) is 3.98. The first-order chi connectivity index (χ1) is 15.3. The summed E-state index contributed by atoms with van der Waals surface area (Å²) >= 11 is 0. The lowest BCUT2D eigenvalue weighted by Gasteiger charge is -2.49. The Morgan fingerprint density at radius 3 is 2.50 bits per heavy atom. The second-order valence-corrected chi connectivity index (χ2v) is 8.84. The van der Waals surface area contributed by atoms with Crippen molar-refractivity contribution in [3.63, 3.8) is 0 Å². The number of rotatable bonds is 4. The van der Waals surface area contributed by atoms with E-state index in [2.05, 4.69) is 15.1 Å². The van der Waals surface area contributed by atoms with Gasteiger partial charge in [0.05, 0.1) is 24.6 Å². The molecule has 3 aliphatic rings. The van der Waals surface area contributed by atoms with Crippen molar-refractivity contribution in [2.45, 2.75) is 37.5 Å². The van der Waals surface area contributed by atoms with E-state index in [1.54, 1.807) is 13.2 Å². The maximum Gasteiger partial charge on any atom is 0.416 e. The van der Waals surface area contributed by atoms with Crippen molar-refractivity contribution >= 4 is 17.3 Å². The minimum atomic E-state index is -4.40. The molecule has 0 spiro atoms. The average Bonchev–Trinajstić information content (AvgIpc) is 3.61. The van der Waals surface area contributed by atoms with E-state index < -0.39 is 17.7 Å². The molecule has 1 amide bonds. The maximum atomic E-state index is 13.3. The predicted molar refractivity (Wildman–Crippen MR) is 116 cm³/mol. The van der Waals surface area contributed by atoms with Gasteiger partial charge in [-0.3, -0.25) is 4.79 Å². The van der Waals surface area contributed by atoms with Gasteiger partial charge in [-0.25, -0.2) is 0 Å². The summed E-state index contributed by atoms with van der Waals surface area (Å²) in [5.74, 6) is 0.330. The average molecular weight is 445 g/mol. The van der Waals surface area contributed by atoms with Crippen molar-refractivity contribution in [2.24, 2.45) is 5.92 Å². The van der Waals surface area contributed by atoms with E-state index in [0.29, 0.717) is 25.1 Å². The minimum Gasteiger partial charge on any atom is -0.497 e. The number of alkyl halides is 3. The molecule has 2 aromatic carbocycles. The fraction of sp³-hybridized carbons (Fsp3) is 0.458. The number of fused-ring (bicyclic) bond motifs is 3. The molecule has 5 rings (SSSR count). The molecule has 2 aliphatic heterocycles. The van der Waals surface area contributed by atoms with Crippen molar-refractivity contribution in [3.05, 3.63) is 53.6 Å². The Labute approximate surface area is 185 Å². The van der Waals surface area contributed by atoms with Crippen LogP contribution in [0, 0.1) is 5.92 Å². The van der Waals surface area contributed by atoms with E-state index >= 15 is 0 Å². The Kier molecular flexibility index (Phi) is 5.18. The third-order valence-corrected chi connectivity index (χ3v) is 6.74. The van der Waals surface area contributed by atoms with Gasteiger partial charge in [-0.1, -0.05) is 0 Å². The SMILES string of the molecule is COc1ccc(N2CCN3c4ccc(C(F)(F)F)cc4CC(C(=O)NC4CC4)C3C2)cc1. The summed E-state index contributed by atoms with van der Waals surface area (Å²) in [4.78, 5) is 17.5. The summed E-state index contributed by atoms with van der Waals surface area (Å²) < 4.78 is 45.2. The Morgan fingerprint density at radius 2 is 1.84 bits per heavy atom. The number of amides is 1. The first-order valence-corrected chi connectivity index (χ1v) is 11.0. The van der Waals surface area contributed by atoms with Crippen LogP contribution < -0.4 is 19.9 Å². The Balaban J connectivity index is 1.45. The van der Waals surface area contributed by atoms with Crippen LogP contribution in [0.2, 0.25) is 0 Å². The maximum absolute atomic E-state index is 13.3. The summed E-state index contributed by atoms with van der Waals surface area (Å²) in [7, 11) is 1.63. The largest absolute Gasteiger partial charge is 0.497 e. The van der Waals surface area contributed by atoms with Gasteiger partial charge in [0.25, 0.3) is 0 Å². The van der Waals surface area contributed by atoms with Crippen LogP contribution in [-0.4, -0.2) is 44.7 Å². The van der Waals surface area contributed by atoms with E-state index in [9.17, 15) is 18.0 Å². The zero-order chi connectivity index (χ0) is 22.5. The second kappa shape index (κ2) is 7.90. The molecule has 8 heteroatoms. The summed E-state index contributed by atoms with van der Waals surface area (Å²) in [6.07, 6.45) is -2.14. The predicted octanol–water partition coefficient (Wildman–Crippen LogP) is 3.86. The number of ether oxygens (including phenoxy) is 1. The number of carbonyl (C=O) groups excluding carboxylic acids is 1. The first kappa shape index (κ1) is 21.0. The monoisotopic (exact) mass is 445 g/mol. The van der Waals surface area contributed by atoms with Crippen molar-refractivity contribution in [1.29, 1.82) is 0 Å². The number of nitrogens with zero attached hydrogens (tertiary/aromatic N) is 2. The highest BCUT2D eigenvalue weighted by atomic mass is 19.4. The van der Waals surface area contributed by atoms with Crippen LogP contribution in [0.25, 0.3) is 0 Å². The highest BCUT2D eigenvalue weighted by Gasteiger charge is 2.43. The van der Waals surface area contributed by atoms with Crippen molar-refractivity contribution in [2.75, 3.05) is 36.5 Å². The topological polar surface area (TPSA) is 44.8 Å². The van der Waals surface area contributed by atoms with E-state index in [1.165, 1.54) is 6.07 Å². The van der Waals surface area contributed by atoms with Gasteiger partial charge in [-0.05, 0) is 67.3 Å². The molecular weight excluding hydrogens is 419 g/mol. The van der Waals surface area contributed by atoms with Crippen LogP contribution in [0.5, 0.6) is 5.75 Å². The molecule has 0 aromatic heterocycles. The lowest BCUT2D eigenvalue weighted by atomic mass is 9.82. The normalized spacial score (nSPS) is 22.8. The fourth-order valence-electron chi connectivity index (χ4n) is 4.86. The third-order valence-electron chi connectivity index (χ3n) is 6.74. The Bertz CT molecular complexity index is 1000. The van der Waals surface area contributed by atoms with Gasteiger partial charge in [0.15, 0.2) is 0 Å². The molecule has 1 saturated heterocycles. The molecule has 1 aliphatic carbocycles. The van der Waals surface area contributed by atoms with Crippen LogP contribution in [0.1, 0.15) is 24.0 Å². The van der Waals surface area contributed by atoms with Gasteiger partial charge >= 0.3 is 6.18 Å². The molecule has 5 nitrogen and oxygen atoms in total. The fourth-order valence-corrected chi connectivity index (χ4v) is 4.86. The summed E-state index contributed by atoms with van der Waals surface area (Å²) in [6.45, 7) is 2.00. The van der Waals surface area contributed by atoms with Crippen LogP contribution in [0.15, 0.2) is 42.5 Å². The highest BCUT2D eigenvalue weighted by Crippen LogP contribution is 2.40. The number of carbonyl (C=O) groups is 1. The standard InChI is InChI=1S/C24H26F3N3O2/c1-32-19-7-5-18(6-8-19)29-10-11-30-21-9-2-16(24(25,26)27)12-15(21)13-20(22(30)14-29)23(31)28-17-3-4-17/h2,5-9,12,17,20,22H,3-4,10-11,13-14H2,1H3,(H,28,31). The smallest absolute Gasteiger partial charge is 0.416 e. The van der Waals surface area contributed by atoms with Gasteiger partial charge in [0.1, 0.15) is 5.75 Å². The lowest BCUT2D eigenvalue weighted by Crippen LogP contribution is -2.61. The summed E-state index contributed by atoms with van der Waals surface area (Å²) in [6, 6.07) is 11.9. The summed E-state index contributed by atoms with van der Waals surface area (Å²) in [5.41, 5.74) is 1.80.